The molecule has 0 unspecified atom stereocenters. The summed E-state index contributed by atoms with van der Waals surface area (Å²) in [5.74, 6) is -0.104. The molecule has 4 aromatic rings. The minimum atomic E-state index is -0.733. The molecule has 2 amide bonds. The van der Waals surface area contributed by atoms with E-state index in [-0.39, 0.29) is 5.91 Å². The van der Waals surface area contributed by atoms with Gasteiger partial charge in [0.2, 0.25) is 5.91 Å². The molecule has 0 radical (unpaired) electrons. The van der Waals surface area contributed by atoms with Crippen LogP contribution in [0.15, 0.2) is 67.0 Å². The van der Waals surface area contributed by atoms with Gasteiger partial charge in [-0.1, -0.05) is 42.5 Å². The first-order valence-electron chi connectivity index (χ1n) is 12.8. The first-order chi connectivity index (χ1) is 17.7. The molecule has 192 valence electrons. The van der Waals surface area contributed by atoms with E-state index in [2.05, 4.69) is 45.2 Å². The molecule has 0 spiro atoms. The summed E-state index contributed by atoms with van der Waals surface area (Å²) < 4.78 is 7.55. The molecule has 0 bridgehead atoms. The molecule has 0 saturated heterocycles. The fourth-order valence-electron chi connectivity index (χ4n) is 5.13. The van der Waals surface area contributed by atoms with Crippen molar-refractivity contribution in [3.8, 4) is 0 Å². The Labute approximate surface area is 217 Å². The van der Waals surface area contributed by atoms with Crippen LogP contribution in [0, 0.1) is 0 Å². The summed E-state index contributed by atoms with van der Waals surface area (Å²) in [6.45, 7) is 6.53. The zero-order valence-corrected chi connectivity index (χ0v) is 21.9. The number of aromatic amines is 1. The number of hydrogen-bond acceptors (Lipinski definition) is 3. The SMILES string of the molecule is Cn1cc(C[C@H](NC(=O)OC(C)(C)C)C(=O)N2CC=C(c3c[nH]c4ccccc34)CC2)c2ccccc21. The van der Waals surface area contributed by atoms with Gasteiger partial charge in [0, 0.05) is 66.3 Å². The molecule has 3 heterocycles. The summed E-state index contributed by atoms with van der Waals surface area (Å²) in [6, 6.07) is 15.6. The van der Waals surface area contributed by atoms with Crippen molar-refractivity contribution in [1.82, 2.24) is 19.8 Å². The lowest BCUT2D eigenvalue weighted by Gasteiger charge is -2.31. The van der Waals surface area contributed by atoms with Crippen LogP contribution in [0.1, 0.15) is 38.3 Å². The van der Waals surface area contributed by atoms with Gasteiger partial charge in [-0.25, -0.2) is 4.79 Å². The number of nitrogens with zero attached hydrogens (tertiary/aromatic N) is 2. The number of fused-ring (bicyclic) bond motifs is 2. The molecule has 1 aliphatic heterocycles. The van der Waals surface area contributed by atoms with E-state index in [1.54, 1.807) is 0 Å². The van der Waals surface area contributed by atoms with Crippen LogP contribution in [0.4, 0.5) is 4.79 Å². The highest BCUT2D eigenvalue weighted by Gasteiger charge is 2.30. The fourth-order valence-corrected chi connectivity index (χ4v) is 5.13. The van der Waals surface area contributed by atoms with Gasteiger partial charge in [-0.15, -0.1) is 0 Å². The average Bonchev–Trinajstić information content (AvgIpc) is 3.43. The molecular formula is C30H34N4O3. The highest BCUT2D eigenvalue weighted by molar-refractivity contribution is 5.94. The Balaban J connectivity index is 1.38. The lowest BCUT2D eigenvalue weighted by atomic mass is 9.98. The zero-order valence-electron chi connectivity index (χ0n) is 21.9. The highest BCUT2D eigenvalue weighted by atomic mass is 16.6. The molecule has 7 heteroatoms. The van der Waals surface area contributed by atoms with Crippen molar-refractivity contribution < 1.29 is 14.3 Å². The van der Waals surface area contributed by atoms with Crippen molar-refractivity contribution in [1.29, 1.82) is 0 Å². The third-order valence-electron chi connectivity index (χ3n) is 6.85. The van der Waals surface area contributed by atoms with E-state index < -0.39 is 17.7 Å². The lowest BCUT2D eigenvalue weighted by molar-refractivity contribution is -0.133. The van der Waals surface area contributed by atoms with Gasteiger partial charge in [-0.05, 0) is 50.5 Å². The fraction of sp³-hybridized carbons (Fsp3) is 0.333. The Morgan fingerprint density at radius 2 is 1.81 bits per heavy atom. The van der Waals surface area contributed by atoms with Gasteiger partial charge in [-0.3, -0.25) is 4.79 Å². The normalized spacial score (nSPS) is 15.0. The van der Waals surface area contributed by atoms with Crippen LogP contribution in [0.3, 0.4) is 0 Å². The minimum Gasteiger partial charge on any atom is -0.444 e. The number of nitrogens with one attached hydrogen (secondary N) is 2. The number of aryl methyl sites for hydroxylation is 1. The van der Waals surface area contributed by atoms with Gasteiger partial charge in [0.15, 0.2) is 0 Å². The van der Waals surface area contributed by atoms with Crippen LogP contribution in [-0.4, -0.2) is 51.2 Å². The lowest BCUT2D eigenvalue weighted by Crippen LogP contribution is -2.51. The largest absolute Gasteiger partial charge is 0.444 e. The topological polar surface area (TPSA) is 79.4 Å². The van der Waals surface area contributed by atoms with Gasteiger partial charge in [0.1, 0.15) is 11.6 Å². The van der Waals surface area contributed by atoms with Crippen LogP contribution in [-0.2, 0) is 23.0 Å². The number of hydrogen-bond donors (Lipinski definition) is 2. The maximum atomic E-state index is 13.8. The Bertz CT molecular complexity index is 1490. The number of carbonyl (C=O) groups is 2. The molecule has 1 atom stereocenters. The number of aromatic nitrogens is 2. The number of amides is 2. The van der Waals surface area contributed by atoms with Crippen LogP contribution in [0.5, 0.6) is 0 Å². The van der Waals surface area contributed by atoms with E-state index in [1.165, 1.54) is 16.5 Å². The Morgan fingerprint density at radius 3 is 2.54 bits per heavy atom. The minimum absolute atomic E-state index is 0.104. The molecule has 5 rings (SSSR count). The molecule has 0 aliphatic carbocycles. The van der Waals surface area contributed by atoms with Crippen molar-refractivity contribution in [3.05, 3.63) is 78.1 Å². The number of benzene rings is 2. The van der Waals surface area contributed by atoms with Crippen LogP contribution in [0.2, 0.25) is 0 Å². The van der Waals surface area contributed by atoms with Crippen molar-refractivity contribution in [2.75, 3.05) is 13.1 Å². The van der Waals surface area contributed by atoms with Crippen LogP contribution in [0.25, 0.3) is 27.4 Å². The molecule has 1 aliphatic rings. The summed E-state index contributed by atoms with van der Waals surface area (Å²) in [5, 5.41) is 5.14. The van der Waals surface area contributed by atoms with Crippen molar-refractivity contribution in [2.24, 2.45) is 7.05 Å². The van der Waals surface area contributed by atoms with Gasteiger partial charge < -0.3 is 24.5 Å². The van der Waals surface area contributed by atoms with E-state index in [0.717, 1.165) is 28.4 Å². The summed E-state index contributed by atoms with van der Waals surface area (Å²) in [7, 11) is 1.99. The van der Waals surface area contributed by atoms with E-state index in [4.69, 9.17) is 4.74 Å². The summed E-state index contributed by atoms with van der Waals surface area (Å²) >= 11 is 0. The number of para-hydroxylation sites is 2. The Kier molecular flexibility index (Phi) is 6.54. The summed E-state index contributed by atoms with van der Waals surface area (Å²) in [4.78, 5) is 31.7. The smallest absolute Gasteiger partial charge is 0.408 e. The molecule has 0 fully saturated rings. The predicted octanol–water partition coefficient (Wildman–Crippen LogP) is 5.41. The van der Waals surface area contributed by atoms with Crippen molar-refractivity contribution in [2.45, 2.75) is 45.3 Å². The number of rotatable bonds is 5. The maximum Gasteiger partial charge on any atom is 0.408 e. The number of alkyl carbamates (subject to hydrolysis) is 1. The van der Waals surface area contributed by atoms with Gasteiger partial charge in [-0.2, -0.15) is 0 Å². The summed E-state index contributed by atoms with van der Waals surface area (Å²) in [5.41, 5.74) is 4.96. The highest BCUT2D eigenvalue weighted by Crippen LogP contribution is 2.29. The second kappa shape index (κ2) is 9.81. The monoisotopic (exact) mass is 498 g/mol. The standard InChI is InChI=1S/C30H34N4O3/c1-30(2,3)37-29(36)32-26(17-21-19-33(4)27-12-8-6-9-22(21)27)28(35)34-15-13-20(14-16-34)24-18-31-25-11-7-5-10-23(24)25/h5-13,18-19,26,31H,14-17H2,1-4H3,(H,32,36)/t26-/m0/s1. The molecule has 7 nitrogen and oxygen atoms in total. The molecular weight excluding hydrogens is 464 g/mol. The molecule has 2 aromatic carbocycles. The predicted molar refractivity (Wildman–Crippen MR) is 147 cm³/mol. The van der Waals surface area contributed by atoms with Crippen LogP contribution < -0.4 is 5.32 Å². The molecule has 2 N–H and O–H groups in total. The number of ether oxygens (including phenoxy) is 1. The Hall–Kier alpha value is -4.00. The molecule has 0 saturated carbocycles. The zero-order chi connectivity index (χ0) is 26.2. The van der Waals surface area contributed by atoms with Crippen molar-refractivity contribution in [3.63, 3.8) is 0 Å². The first-order valence-corrected chi connectivity index (χ1v) is 12.8. The van der Waals surface area contributed by atoms with Gasteiger partial charge in [0.05, 0.1) is 0 Å². The molecule has 2 aromatic heterocycles. The maximum absolute atomic E-state index is 13.8. The van der Waals surface area contributed by atoms with E-state index in [9.17, 15) is 9.59 Å². The number of H-pyrrole nitrogens is 1. The third kappa shape index (κ3) is 5.26. The second-order valence-electron chi connectivity index (χ2n) is 10.7. The van der Waals surface area contributed by atoms with E-state index in [0.29, 0.717) is 19.5 Å². The third-order valence-corrected chi connectivity index (χ3v) is 6.85. The average molecular weight is 499 g/mol. The van der Waals surface area contributed by atoms with E-state index in [1.807, 2.05) is 69.4 Å². The number of carbonyl (C=O) groups excluding carboxylic acids is 2. The molecule has 37 heavy (non-hydrogen) atoms. The summed E-state index contributed by atoms with van der Waals surface area (Å²) in [6.07, 6.45) is 6.75. The van der Waals surface area contributed by atoms with Crippen LogP contribution >= 0.6 is 0 Å². The second-order valence-corrected chi connectivity index (χ2v) is 10.7. The van der Waals surface area contributed by atoms with Gasteiger partial charge >= 0.3 is 6.09 Å². The first kappa shape index (κ1) is 24.7. The quantitative estimate of drug-likeness (QED) is 0.386. The van der Waals surface area contributed by atoms with Gasteiger partial charge in [0.25, 0.3) is 0 Å². The van der Waals surface area contributed by atoms with E-state index >= 15 is 0 Å². The van der Waals surface area contributed by atoms with Crippen molar-refractivity contribution >= 4 is 39.4 Å². The Morgan fingerprint density at radius 1 is 1.08 bits per heavy atom.